The van der Waals surface area contributed by atoms with Gasteiger partial charge in [-0.15, -0.1) is 11.3 Å². The fraction of sp³-hybridized carbons (Fsp3) is 0.400. The summed E-state index contributed by atoms with van der Waals surface area (Å²) in [5, 5.41) is 6.16. The molecule has 0 aliphatic carbocycles. The van der Waals surface area contributed by atoms with Crippen LogP contribution in [0.25, 0.3) is 0 Å². The smallest absolute Gasteiger partial charge is 0.220 e. The van der Waals surface area contributed by atoms with Crippen LogP contribution in [-0.4, -0.2) is 22.4 Å². The molecule has 0 saturated heterocycles. The van der Waals surface area contributed by atoms with E-state index in [9.17, 15) is 4.79 Å². The van der Waals surface area contributed by atoms with Gasteiger partial charge in [0, 0.05) is 37.2 Å². The van der Waals surface area contributed by atoms with Crippen molar-refractivity contribution >= 4 is 17.2 Å². The van der Waals surface area contributed by atoms with Crippen molar-refractivity contribution in [1.29, 1.82) is 0 Å². The second-order valence-corrected chi connectivity index (χ2v) is 5.49. The van der Waals surface area contributed by atoms with E-state index in [0.29, 0.717) is 13.0 Å². The van der Waals surface area contributed by atoms with E-state index in [1.165, 1.54) is 0 Å². The highest BCUT2D eigenvalue weighted by Crippen LogP contribution is 2.10. The number of carbonyl (C=O) groups excluding carboxylic acids is 1. The van der Waals surface area contributed by atoms with Gasteiger partial charge in [-0.05, 0) is 24.5 Å². The molecule has 0 atom stereocenters. The number of thiazole rings is 1. The van der Waals surface area contributed by atoms with Gasteiger partial charge < -0.3 is 5.32 Å². The molecule has 4 nitrogen and oxygen atoms in total. The molecule has 0 spiro atoms. The standard InChI is InChI=1S/C15H19N3OS/c1-2-15-18-13(11-20-15)7-9-17-14(19)6-5-12-4-3-8-16-10-12/h3-4,8,10-11H,2,5-7,9H2,1H3,(H,17,19). The Kier molecular flexibility index (Phi) is 5.68. The van der Waals surface area contributed by atoms with Crippen LogP contribution < -0.4 is 5.32 Å². The minimum Gasteiger partial charge on any atom is -0.356 e. The molecular formula is C15H19N3OS. The molecule has 0 aliphatic heterocycles. The summed E-state index contributed by atoms with van der Waals surface area (Å²) in [6.07, 6.45) is 6.55. The van der Waals surface area contributed by atoms with Crippen LogP contribution in [0.5, 0.6) is 0 Å². The first kappa shape index (κ1) is 14.7. The lowest BCUT2D eigenvalue weighted by Crippen LogP contribution is -2.25. The van der Waals surface area contributed by atoms with Gasteiger partial charge >= 0.3 is 0 Å². The van der Waals surface area contributed by atoms with Crippen LogP contribution in [-0.2, 0) is 24.1 Å². The van der Waals surface area contributed by atoms with Gasteiger partial charge in [0.25, 0.3) is 0 Å². The summed E-state index contributed by atoms with van der Waals surface area (Å²) in [6, 6.07) is 3.88. The van der Waals surface area contributed by atoms with Gasteiger partial charge in [-0.1, -0.05) is 13.0 Å². The van der Waals surface area contributed by atoms with Crippen LogP contribution in [0.4, 0.5) is 0 Å². The Morgan fingerprint density at radius 1 is 1.40 bits per heavy atom. The lowest BCUT2D eigenvalue weighted by atomic mass is 10.1. The van der Waals surface area contributed by atoms with Crippen molar-refractivity contribution in [2.45, 2.75) is 32.6 Å². The molecule has 0 radical (unpaired) electrons. The highest BCUT2D eigenvalue weighted by Gasteiger charge is 2.04. The number of aryl methyl sites for hydroxylation is 2. The topological polar surface area (TPSA) is 54.9 Å². The SMILES string of the molecule is CCc1nc(CCNC(=O)CCc2cccnc2)cs1. The molecule has 2 aromatic heterocycles. The predicted molar refractivity (Wildman–Crippen MR) is 80.8 cm³/mol. The number of carbonyl (C=O) groups is 1. The first-order valence-electron chi connectivity index (χ1n) is 6.87. The summed E-state index contributed by atoms with van der Waals surface area (Å²) >= 11 is 1.69. The molecule has 0 unspecified atom stereocenters. The monoisotopic (exact) mass is 289 g/mol. The van der Waals surface area contributed by atoms with Gasteiger partial charge in [0.05, 0.1) is 10.7 Å². The van der Waals surface area contributed by atoms with E-state index in [0.717, 1.165) is 35.5 Å². The van der Waals surface area contributed by atoms with Crippen molar-refractivity contribution in [3.8, 4) is 0 Å². The van der Waals surface area contributed by atoms with E-state index >= 15 is 0 Å². The summed E-state index contributed by atoms with van der Waals surface area (Å²) in [5.41, 5.74) is 2.16. The fourth-order valence-electron chi connectivity index (χ4n) is 1.85. The maximum absolute atomic E-state index is 11.7. The van der Waals surface area contributed by atoms with Crippen LogP contribution in [0.15, 0.2) is 29.9 Å². The van der Waals surface area contributed by atoms with Crippen LogP contribution >= 0.6 is 11.3 Å². The zero-order chi connectivity index (χ0) is 14.2. The zero-order valence-electron chi connectivity index (χ0n) is 11.6. The molecule has 1 amide bonds. The third kappa shape index (κ3) is 4.74. The molecule has 0 bridgehead atoms. The first-order valence-corrected chi connectivity index (χ1v) is 7.74. The average molecular weight is 289 g/mol. The van der Waals surface area contributed by atoms with E-state index in [-0.39, 0.29) is 5.91 Å². The minimum atomic E-state index is 0.0831. The van der Waals surface area contributed by atoms with Crippen LogP contribution in [0, 0.1) is 0 Å². The van der Waals surface area contributed by atoms with Gasteiger partial charge in [-0.3, -0.25) is 9.78 Å². The van der Waals surface area contributed by atoms with Crippen LogP contribution in [0.1, 0.15) is 29.6 Å². The quantitative estimate of drug-likeness (QED) is 0.851. The summed E-state index contributed by atoms with van der Waals surface area (Å²) in [7, 11) is 0. The summed E-state index contributed by atoms with van der Waals surface area (Å²) in [5.74, 6) is 0.0831. The van der Waals surface area contributed by atoms with Crippen molar-refractivity contribution in [1.82, 2.24) is 15.3 Å². The van der Waals surface area contributed by atoms with E-state index in [1.54, 1.807) is 23.7 Å². The van der Waals surface area contributed by atoms with Gasteiger partial charge in [-0.2, -0.15) is 0 Å². The predicted octanol–water partition coefficient (Wildman–Crippen LogP) is 2.39. The number of rotatable bonds is 7. The molecule has 0 aliphatic rings. The highest BCUT2D eigenvalue weighted by atomic mass is 32.1. The maximum atomic E-state index is 11.7. The molecule has 2 rings (SSSR count). The Balaban J connectivity index is 1.65. The second kappa shape index (κ2) is 7.75. The summed E-state index contributed by atoms with van der Waals surface area (Å²) in [6.45, 7) is 2.75. The molecule has 1 N–H and O–H groups in total. The average Bonchev–Trinajstić information content (AvgIpc) is 2.94. The van der Waals surface area contributed by atoms with E-state index in [1.807, 2.05) is 12.1 Å². The van der Waals surface area contributed by atoms with Crippen molar-refractivity contribution in [2.24, 2.45) is 0 Å². The third-order valence-corrected chi connectivity index (χ3v) is 4.01. The Morgan fingerprint density at radius 2 is 2.30 bits per heavy atom. The number of hydrogen-bond acceptors (Lipinski definition) is 4. The van der Waals surface area contributed by atoms with Crippen molar-refractivity contribution in [3.05, 3.63) is 46.2 Å². The second-order valence-electron chi connectivity index (χ2n) is 4.55. The third-order valence-electron chi connectivity index (χ3n) is 2.97. The van der Waals surface area contributed by atoms with Crippen molar-refractivity contribution in [3.63, 3.8) is 0 Å². The lowest BCUT2D eigenvalue weighted by Gasteiger charge is -2.04. The zero-order valence-corrected chi connectivity index (χ0v) is 12.4. The Morgan fingerprint density at radius 3 is 3.00 bits per heavy atom. The fourth-order valence-corrected chi connectivity index (χ4v) is 2.63. The molecule has 20 heavy (non-hydrogen) atoms. The molecule has 0 fully saturated rings. The van der Waals surface area contributed by atoms with Crippen LogP contribution in [0.2, 0.25) is 0 Å². The number of nitrogens with zero attached hydrogens (tertiary/aromatic N) is 2. The van der Waals surface area contributed by atoms with E-state index in [2.05, 4.69) is 27.6 Å². The molecule has 106 valence electrons. The number of amides is 1. The molecular weight excluding hydrogens is 270 g/mol. The van der Waals surface area contributed by atoms with E-state index in [4.69, 9.17) is 0 Å². The Hall–Kier alpha value is -1.75. The van der Waals surface area contributed by atoms with Gasteiger partial charge in [0.2, 0.25) is 5.91 Å². The summed E-state index contributed by atoms with van der Waals surface area (Å²) < 4.78 is 0. The lowest BCUT2D eigenvalue weighted by molar-refractivity contribution is -0.121. The number of aromatic nitrogens is 2. The molecule has 0 saturated carbocycles. The molecule has 2 aromatic rings. The van der Waals surface area contributed by atoms with Gasteiger partial charge in [0.1, 0.15) is 0 Å². The molecule has 0 aromatic carbocycles. The highest BCUT2D eigenvalue weighted by molar-refractivity contribution is 7.09. The number of hydrogen-bond donors (Lipinski definition) is 1. The Bertz CT molecular complexity index is 539. The van der Waals surface area contributed by atoms with E-state index < -0.39 is 0 Å². The van der Waals surface area contributed by atoms with Crippen molar-refractivity contribution in [2.75, 3.05) is 6.54 Å². The molecule has 2 heterocycles. The number of nitrogens with one attached hydrogen (secondary N) is 1. The van der Waals surface area contributed by atoms with Crippen LogP contribution in [0.3, 0.4) is 0 Å². The first-order chi connectivity index (χ1) is 9.78. The molecule has 5 heteroatoms. The minimum absolute atomic E-state index is 0.0831. The maximum Gasteiger partial charge on any atom is 0.220 e. The number of pyridine rings is 1. The summed E-state index contributed by atoms with van der Waals surface area (Å²) in [4.78, 5) is 20.2. The van der Waals surface area contributed by atoms with Gasteiger partial charge in [-0.25, -0.2) is 4.98 Å². The normalized spacial score (nSPS) is 10.4. The van der Waals surface area contributed by atoms with Crippen molar-refractivity contribution < 1.29 is 4.79 Å². The van der Waals surface area contributed by atoms with Gasteiger partial charge in [0.15, 0.2) is 0 Å². The Labute approximate surface area is 123 Å². The largest absolute Gasteiger partial charge is 0.356 e.